The van der Waals surface area contributed by atoms with Crippen molar-refractivity contribution >= 4 is 23.4 Å². The molecule has 0 bridgehead atoms. The van der Waals surface area contributed by atoms with Crippen LogP contribution >= 0.6 is 0 Å². The largest absolute Gasteiger partial charge is 0.353 e. The maximum absolute atomic E-state index is 12.7. The molecule has 7 heteroatoms. The summed E-state index contributed by atoms with van der Waals surface area (Å²) in [6.07, 6.45) is 3.45. The van der Waals surface area contributed by atoms with Gasteiger partial charge in [-0.05, 0) is 49.2 Å². The van der Waals surface area contributed by atoms with Crippen LogP contribution in [0.5, 0.6) is 0 Å². The van der Waals surface area contributed by atoms with Gasteiger partial charge in [0.15, 0.2) is 0 Å². The summed E-state index contributed by atoms with van der Waals surface area (Å²) in [5, 5.41) is 2.96. The molecule has 1 fully saturated rings. The first-order chi connectivity index (χ1) is 14.1. The second-order valence-corrected chi connectivity index (χ2v) is 7.11. The van der Waals surface area contributed by atoms with Gasteiger partial charge in [-0.15, -0.1) is 0 Å². The normalized spacial score (nSPS) is 14.0. The molecule has 1 saturated heterocycles. The maximum Gasteiger partial charge on any atom is 0.274 e. The Hall–Kier alpha value is -3.48. The predicted octanol–water partition coefficient (Wildman–Crippen LogP) is 3.07. The Morgan fingerprint density at radius 3 is 2.45 bits per heavy atom. The van der Waals surface area contributed by atoms with Crippen molar-refractivity contribution in [1.29, 1.82) is 0 Å². The summed E-state index contributed by atoms with van der Waals surface area (Å²) in [4.78, 5) is 30.4. The summed E-state index contributed by atoms with van der Waals surface area (Å²) in [5.74, 6) is 1.34. The van der Waals surface area contributed by atoms with Crippen molar-refractivity contribution in [2.75, 3.05) is 41.3 Å². The number of benzene rings is 1. The van der Waals surface area contributed by atoms with Crippen LogP contribution in [-0.2, 0) is 0 Å². The average molecular weight is 388 g/mol. The number of rotatable bonds is 4. The third-order valence-corrected chi connectivity index (χ3v) is 5.26. The maximum atomic E-state index is 12.7. The van der Waals surface area contributed by atoms with Crippen molar-refractivity contribution < 1.29 is 4.79 Å². The Morgan fingerprint density at radius 2 is 1.69 bits per heavy atom. The topological polar surface area (TPSA) is 74.2 Å². The first-order valence-electron chi connectivity index (χ1n) is 9.73. The molecule has 0 saturated carbocycles. The highest BCUT2D eigenvalue weighted by Gasteiger charge is 2.21. The molecule has 0 atom stereocenters. The van der Waals surface area contributed by atoms with Gasteiger partial charge < -0.3 is 15.1 Å². The highest BCUT2D eigenvalue weighted by Crippen LogP contribution is 2.20. The summed E-state index contributed by atoms with van der Waals surface area (Å²) in [6, 6.07) is 13.4. The van der Waals surface area contributed by atoms with Crippen LogP contribution in [0, 0.1) is 13.8 Å². The van der Waals surface area contributed by atoms with Crippen molar-refractivity contribution in [3.05, 3.63) is 71.7 Å². The molecule has 0 aliphatic carbocycles. The molecule has 3 heterocycles. The van der Waals surface area contributed by atoms with Gasteiger partial charge in [0.05, 0.1) is 0 Å². The fraction of sp³-hybridized carbons (Fsp3) is 0.273. The Balaban J connectivity index is 1.44. The number of hydrogen-bond acceptors (Lipinski definition) is 6. The number of nitrogens with zero attached hydrogens (tertiary/aromatic N) is 5. The molecule has 1 aliphatic heterocycles. The van der Waals surface area contributed by atoms with E-state index in [2.05, 4.69) is 30.1 Å². The van der Waals surface area contributed by atoms with Crippen LogP contribution in [0.3, 0.4) is 0 Å². The van der Waals surface area contributed by atoms with Crippen LogP contribution in [0.25, 0.3) is 0 Å². The number of carbonyl (C=O) groups is 1. The SMILES string of the molecule is Cc1cccc(NC(=O)c2ccnc(N3CCN(c4ccccn4)CC3)n2)c1C. The van der Waals surface area contributed by atoms with Gasteiger partial charge >= 0.3 is 0 Å². The fourth-order valence-corrected chi connectivity index (χ4v) is 3.38. The summed E-state index contributed by atoms with van der Waals surface area (Å²) < 4.78 is 0. The quantitative estimate of drug-likeness (QED) is 0.740. The van der Waals surface area contributed by atoms with E-state index in [0.717, 1.165) is 48.8 Å². The molecule has 1 N–H and O–H groups in total. The second kappa shape index (κ2) is 8.26. The minimum absolute atomic E-state index is 0.227. The number of carbonyl (C=O) groups excluding carboxylic acids is 1. The van der Waals surface area contributed by atoms with E-state index in [1.165, 1.54) is 0 Å². The highest BCUT2D eigenvalue weighted by atomic mass is 16.1. The van der Waals surface area contributed by atoms with Crippen LogP contribution in [0.15, 0.2) is 54.9 Å². The van der Waals surface area contributed by atoms with Gasteiger partial charge in [-0.3, -0.25) is 4.79 Å². The van der Waals surface area contributed by atoms with Gasteiger partial charge in [-0.2, -0.15) is 0 Å². The molecule has 0 spiro atoms. The first-order valence-corrected chi connectivity index (χ1v) is 9.73. The van der Waals surface area contributed by atoms with E-state index < -0.39 is 0 Å². The molecule has 1 amide bonds. The average Bonchev–Trinajstić information content (AvgIpc) is 2.78. The molecule has 4 rings (SSSR count). The molecule has 7 nitrogen and oxygen atoms in total. The number of pyridine rings is 1. The smallest absolute Gasteiger partial charge is 0.274 e. The van der Waals surface area contributed by atoms with E-state index in [4.69, 9.17) is 0 Å². The summed E-state index contributed by atoms with van der Waals surface area (Å²) in [5.41, 5.74) is 3.36. The van der Waals surface area contributed by atoms with Gasteiger partial charge in [0.2, 0.25) is 5.95 Å². The lowest BCUT2D eigenvalue weighted by atomic mass is 10.1. The zero-order valence-electron chi connectivity index (χ0n) is 16.7. The molecule has 2 aromatic heterocycles. The van der Waals surface area contributed by atoms with Crippen molar-refractivity contribution in [2.24, 2.45) is 0 Å². The molecule has 148 valence electrons. The third-order valence-electron chi connectivity index (χ3n) is 5.26. The molecule has 1 aromatic carbocycles. The molecule has 1 aliphatic rings. The van der Waals surface area contributed by atoms with Crippen molar-refractivity contribution in [3.63, 3.8) is 0 Å². The second-order valence-electron chi connectivity index (χ2n) is 7.11. The van der Waals surface area contributed by atoms with Crippen molar-refractivity contribution in [3.8, 4) is 0 Å². The number of anilines is 3. The zero-order chi connectivity index (χ0) is 20.2. The summed E-state index contributed by atoms with van der Waals surface area (Å²) in [6.45, 7) is 7.24. The molecule has 0 unspecified atom stereocenters. The molecule has 3 aromatic rings. The van der Waals surface area contributed by atoms with Crippen LogP contribution < -0.4 is 15.1 Å². The monoisotopic (exact) mass is 388 g/mol. The van der Waals surface area contributed by atoms with E-state index >= 15 is 0 Å². The van der Waals surface area contributed by atoms with Crippen LogP contribution in [-0.4, -0.2) is 47.0 Å². The van der Waals surface area contributed by atoms with Crippen LogP contribution in [0.4, 0.5) is 17.5 Å². The molecule has 29 heavy (non-hydrogen) atoms. The van der Waals surface area contributed by atoms with E-state index in [0.29, 0.717) is 11.6 Å². The number of hydrogen-bond donors (Lipinski definition) is 1. The number of amides is 1. The number of nitrogens with one attached hydrogen (secondary N) is 1. The fourth-order valence-electron chi connectivity index (χ4n) is 3.38. The van der Waals surface area contributed by atoms with E-state index in [1.54, 1.807) is 12.3 Å². The zero-order valence-corrected chi connectivity index (χ0v) is 16.7. The van der Waals surface area contributed by atoms with Gasteiger partial charge in [-0.1, -0.05) is 18.2 Å². The first kappa shape index (κ1) is 18.9. The standard InChI is InChI=1S/C22H24N6O/c1-16-6-5-7-18(17(16)2)25-21(29)19-9-11-24-22(26-19)28-14-12-27(13-15-28)20-8-3-4-10-23-20/h3-11H,12-15H2,1-2H3,(H,25,29). The third kappa shape index (κ3) is 4.18. The van der Waals surface area contributed by atoms with Crippen LogP contribution in [0.1, 0.15) is 21.6 Å². The van der Waals surface area contributed by atoms with Gasteiger partial charge in [0.1, 0.15) is 11.5 Å². The van der Waals surface area contributed by atoms with Crippen LogP contribution in [0.2, 0.25) is 0 Å². The number of piperazine rings is 1. The van der Waals surface area contributed by atoms with Gasteiger partial charge in [-0.25, -0.2) is 15.0 Å². The Bertz CT molecular complexity index is 999. The van der Waals surface area contributed by atoms with E-state index in [1.807, 2.05) is 56.4 Å². The molecular formula is C22H24N6O. The van der Waals surface area contributed by atoms with Gasteiger partial charge in [0, 0.05) is 44.3 Å². The van der Waals surface area contributed by atoms with Crippen molar-refractivity contribution in [2.45, 2.75) is 13.8 Å². The minimum atomic E-state index is -0.227. The summed E-state index contributed by atoms with van der Waals surface area (Å²) in [7, 11) is 0. The number of aromatic nitrogens is 3. The minimum Gasteiger partial charge on any atom is -0.353 e. The Morgan fingerprint density at radius 1 is 0.897 bits per heavy atom. The Labute approximate surface area is 170 Å². The van der Waals surface area contributed by atoms with Gasteiger partial charge in [0.25, 0.3) is 5.91 Å². The summed E-state index contributed by atoms with van der Waals surface area (Å²) >= 11 is 0. The lowest BCUT2D eigenvalue weighted by Crippen LogP contribution is -2.47. The molecular weight excluding hydrogens is 364 g/mol. The predicted molar refractivity (Wildman–Crippen MR) is 115 cm³/mol. The van der Waals surface area contributed by atoms with E-state index in [-0.39, 0.29) is 5.91 Å². The number of aryl methyl sites for hydroxylation is 1. The molecule has 0 radical (unpaired) electrons. The lowest BCUT2D eigenvalue weighted by molar-refractivity contribution is 0.102. The highest BCUT2D eigenvalue weighted by molar-refractivity contribution is 6.03. The Kier molecular flexibility index (Phi) is 5.37. The lowest BCUT2D eigenvalue weighted by Gasteiger charge is -2.35. The van der Waals surface area contributed by atoms with E-state index in [9.17, 15) is 4.79 Å². The van der Waals surface area contributed by atoms with Crippen molar-refractivity contribution in [1.82, 2.24) is 15.0 Å².